The zero-order chi connectivity index (χ0) is 36.4. The molecular formula is C27H46N12O6S3. The molecule has 268 valence electrons. The Morgan fingerprint density at radius 1 is 0.771 bits per heavy atom. The van der Waals surface area contributed by atoms with Crippen LogP contribution in [0.2, 0.25) is 0 Å². The lowest BCUT2D eigenvalue weighted by atomic mass is 9.96. The highest BCUT2D eigenvalue weighted by Crippen LogP contribution is 2.33. The van der Waals surface area contributed by atoms with Gasteiger partial charge in [-0.1, -0.05) is 44.4 Å². The normalized spacial score (nSPS) is 13.7. The molecule has 13 N–H and O–H groups in total. The smallest absolute Gasteiger partial charge is 0.202 e. The molecule has 0 aliphatic heterocycles. The Balaban J connectivity index is 0.000000241. The van der Waals surface area contributed by atoms with Gasteiger partial charge in [-0.3, -0.25) is 5.10 Å². The largest absolute Gasteiger partial charge is 0.394 e. The maximum absolute atomic E-state index is 11.5. The van der Waals surface area contributed by atoms with Crippen molar-refractivity contribution in [3.05, 3.63) is 36.5 Å². The zero-order valence-corrected chi connectivity index (χ0v) is 29.8. The van der Waals surface area contributed by atoms with E-state index in [9.17, 15) is 25.3 Å². The predicted octanol–water partition coefficient (Wildman–Crippen LogP) is 1.41. The first kappa shape index (κ1) is 39.7. The number of nitrogens with one attached hydrogen (secondary N) is 1. The van der Waals surface area contributed by atoms with E-state index in [1.165, 1.54) is 23.6 Å². The van der Waals surface area contributed by atoms with Crippen LogP contribution in [0.3, 0.4) is 0 Å². The van der Waals surface area contributed by atoms with Gasteiger partial charge >= 0.3 is 0 Å². The average Bonchev–Trinajstić information content (AvgIpc) is 3.64. The molecule has 1 saturated carbocycles. The van der Waals surface area contributed by atoms with Crippen LogP contribution < -0.4 is 34.4 Å². The molecule has 0 spiro atoms. The van der Waals surface area contributed by atoms with E-state index in [2.05, 4.69) is 20.4 Å². The van der Waals surface area contributed by atoms with E-state index in [0.29, 0.717) is 22.9 Å². The first-order chi connectivity index (χ1) is 22.2. The van der Waals surface area contributed by atoms with Crippen LogP contribution in [-0.4, -0.2) is 79.5 Å². The summed E-state index contributed by atoms with van der Waals surface area (Å²) >= 11 is 0. The summed E-state index contributed by atoms with van der Waals surface area (Å²) in [5.74, 6) is 1.14. The molecule has 0 amide bonds. The second-order valence-electron chi connectivity index (χ2n) is 11.1. The van der Waals surface area contributed by atoms with Crippen molar-refractivity contribution in [1.29, 1.82) is 0 Å². The highest BCUT2D eigenvalue weighted by molar-refractivity contribution is 7.91. The van der Waals surface area contributed by atoms with E-state index in [4.69, 9.17) is 34.4 Å². The molecule has 1 aliphatic rings. The van der Waals surface area contributed by atoms with E-state index in [-0.39, 0.29) is 39.1 Å². The Morgan fingerprint density at radius 3 is 1.65 bits per heavy atom. The molecule has 0 atom stereocenters. The number of anilines is 6. The summed E-state index contributed by atoms with van der Waals surface area (Å²) in [6, 6.07) is 9.13. The zero-order valence-electron chi connectivity index (χ0n) is 27.4. The van der Waals surface area contributed by atoms with Crippen LogP contribution in [0, 0.1) is 0 Å². The standard InChI is InChI=1S/C10H18N4O2S.C10H12N4O2S.C4H10O2S.C3H6N4/c2*1-17(15,16)10-8(11)9(12)14(13-10)7-5-3-2-4-6-7;1-3-4-7(2,5)6;4-2-1-6-7-3(2)5/h7H,2-6,11-12H2,1H3;2-6H,11-12H2,1H3;3-4H2,1-2H3;1H,4H2,(H3,5,6,7). The van der Waals surface area contributed by atoms with Crippen LogP contribution in [0.5, 0.6) is 0 Å². The number of rotatable bonds is 6. The first-order valence-corrected chi connectivity index (χ1v) is 20.5. The van der Waals surface area contributed by atoms with Crippen LogP contribution in [0.1, 0.15) is 51.5 Å². The Hall–Kier alpha value is -4.50. The van der Waals surface area contributed by atoms with Crippen LogP contribution in [0.15, 0.2) is 46.6 Å². The topological polar surface area (TPSA) is 323 Å². The molecule has 21 heteroatoms. The van der Waals surface area contributed by atoms with Crippen LogP contribution in [-0.2, 0) is 29.5 Å². The second kappa shape index (κ2) is 16.6. The van der Waals surface area contributed by atoms with Crippen molar-refractivity contribution in [3.8, 4) is 5.69 Å². The van der Waals surface area contributed by atoms with E-state index in [1.54, 1.807) is 28.9 Å². The minimum absolute atomic E-state index is 0.0173. The summed E-state index contributed by atoms with van der Waals surface area (Å²) < 4.78 is 69.2. The van der Waals surface area contributed by atoms with Gasteiger partial charge in [-0.2, -0.15) is 15.3 Å². The molecule has 0 saturated heterocycles. The molecule has 1 aromatic carbocycles. The third-order valence-electron chi connectivity index (χ3n) is 6.78. The van der Waals surface area contributed by atoms with Crippen molar-refractivity contribution in [1.82, 2.24) is 29.8 Å². The number of para-hydroxylation sites is 1. The van der Waals surface area contributed by atoms with E-state index < -0.39 is 29.5 Å². The van der Waals surface area contributed by atoms with Crippen molar-refractivity contribution in [3.63, 3.8) is 0 Å². The van der Waals surface area contributed by atoms with E-state index in [1.807, 2.05) is 13.0 Å². The van der Waals surface area contributed by atoms with Crippen LogP contribution in [0.25, 0.3) is 5.69 Å². The second-order valence-corrected chi connectivity index (χ2v) is 17.2. The number of sulfone groups is 3. The maximum Gasteiger partial charge on any atom is 0.202 e. The molecule has 0 bridgehead atoms. The number of H-pyrrole nitrogens is 1. The number of benzene rings is 1. The van der Waals surface area contributed by atoms with Crippen LogP contribution >= 0.6 is 0 Å². The molecule has 18 nitrogen and oxygen atoms in total. The summed E-state index contributed by atoms with van der Waals surface area (Å²) in [7, 11) is -9.57. The minimum Gasteiger partial charge on any atom is -0.394 e. The maximum atomic E-state index is 11.5. The lowest BCUT2D eigenvalue weighted by molar-refractivity contribution is 0.329. The third-order valence-corrected chi connectivity index (χ3v) is 9.93. The van der Waals surface area contributed by atoms with Gasteiger partial charge in [0.2, 0.25) is 10.1 Å². The summed E-state index contributed by atoms with van der Waals surface area (Å²) in [6.45, 7) is 1.85. The Labute approximate surface area is 281 Å². The number of aromatic amines is 1. The average molecular weight is 731 g/mol. The summed E-state index contributed by atoms with van der Waals surface area (Å²) in [4.78, 5) is 0. The SMILES string of the molecule is CCCS(C)(=O)=O.CS(=O)(=O)c1nn(-c2ccccc2)c(N)c1N.CS(=O)(=O)c1nn(C2CCCCC2)c(N)c1N.Nc1cn[nH]c1N. The monoisotopic (exact) mass is 730 g/mol. The number of nitrogens with zero attached hydrogens (tertiary/aromatic N) is 5. The molecule has 3 heterocycles. The van der Waals surface area contributed by atoms with Gasteiger partial charge in [0, 0.05) is 24.5 Å². The Morgan fingerprint density at radius 2 is 1.29 bits per heavy atom. The number of aromatic nitrogens is 6. The van der Waals surface area contributed by atoms with Crippen molar-refractivity contribution in [2.75, 3.05) is 58.9 Å². The Bertz CT molecular complexity index is 1950. The van der Waals surface area contributed by atoms with Gasteiger partial charge in [-0.05, 0) is 31.4 Å². The third kappa shape index (κ3) is 11.3. The fourth-order valence-electron chi connectivity index (χ4n) is 4.45. The lowest BCUT2D eigenvalue weighted by Crippen LogP contribution is -2.16. The first-order valence-electron chi connectivity index (χ1n) is 14.6. The van der Waals surface area contributed by atoms with Gasteiger partial charge in [0.25, 0.3) is 0 Å². The van der Waals surface area contributed by atoms with Gasteiger partial charge in [0.1, 0.15) is 32.8 Å². The summed E-state index contributed by atoms with van der Waals surface area (Å²) in [6.07, 6.45) is 11.0. The lowest BCUT2D eigenvalue weighted by Gasteiger charge is -2.22. The molecule has 5 rings (SSSR count). The predicted molar refractivity (Wildman–Crippen MR) is 189 cm³/mol. The fraction of sp³-hybridized carbons (Fsp3) is 0.444. The number of nitrogen functional groups attached to an aromatic ring is 6. The van der Waals surface area contributed by atoms with Crippen LogP contribution in [0.4, 0.5) is 34.5 Å². The van der Waals surface area contributed by atoms with Crippen molar-refractivity contribution in [2.45, 2.75) is 61.5 Å². The molecule has 1 fully saturated rings. The number of hydrogen-bond acceptors (Lipinski definition) is 15. The van der Waals surface area contributed by atoms with Crippen molar-refractivity contribution < 1.29 is 25.3 Å². The molecular weight excluding hydrogens is 685 g/mol. The molecule has 1 aliphatic carbocycles. The van der Waals surface area contributed by atoms with Crippen molar-refractivity contribution in [2.24, 2.45) is 0 Å². The molecule has 48 heavy (non-hydrogen) atoms. The number of hydrogen-bond donors (Lipinski definition) is 7. The van der Waals surface area contributed by atoms with Gasteiger partial charge in [0.05, 0.1) is 23.6 Å². The Kier molecular flexibility index (Phi) is 13.7. The minimum atomic E-state index is -3.48. The van der Waals surface area contributed by atoms with Gasteiger partial charge in [0.15, 0.2) is 25.5 Å². The number of nitrogens with two attached hydrogens (primary N) is 6. The van der Waals surface area contributed by atoms with Gasteiger partial charge < -0.3 is 34.4 Å². The van der Waals surface area contributed by atoms with Gasteiger partial charge in [-0.15, -0.1) is 0 Å². The van der Waals surface area contributed by atoms with E-state index >= 15 is 0 Å². The quantitative estimate of drug-likeness (QED) is 0.147. The molecule has 0 radical (unpaired) electrons. The summed E-state index contributed by atoms with van der Waals surface area (Å²) in [5, 5.41) is 13.7. The fourth-order valence-corrected chi connectivity index (χ4v) is 6.67. The molecule has 4 aromatic rings. The summed E-state index contributed by atoms with van der Waals surface area (Å²) in [5.41, 5.74) is 34.6. The van der Waals surface area contributed by atoms with Gasteiger partial charge in [-0.25, -0.2) is 34.6 Å². The van der Waals surface area contributed by atoms with E-state index in [0.717, 1.165) is 44.6 Å². The van der Waals surface area contributed by atoms with Crippen molar-refractivity contribution >= 4 is 64.0 Å². The molecule has 3 aromatic heterocycles. The molecule has 0 unspecified atom stereocenters. The highest BCUT2D eigenvalue weighted by Gasteiger charge is 2.26. The highest BCUT2D eigenvalue weighted by atomic mass is 32.2.